The molecule has 95 heavy (non-hydrogen) atoms. The highest BCUT2D eigenvalue weighted by Crippen LogP contribution is 2.33. The number of aliphatic hydroxyl groups is 11. The van der Waals surface area contributed by atoms with Crippen LogP contribution < -0.4 is 5.32 Å². The average molecular weight is 1350 g/mol. The van der Waals surface area contributed by atoms with Gasteiger partial charge < -0.3 is 89.9 Å². The van der Waals surface area contributed by atoms with Crippen molar-refractivity contribution in [2.45, 2.75) is 375 Å². The third-order valence-electron chi connectivity index (χ3n) is 18.5. The van der Waals surface area contributed by atoms with Crippen LogP contribution >= 0.6 is 0 Å². The molecular weight excluding hydrogens is 1210 g/mol. The van der Waals surface area contributed by atoms with E-state index in [9.17, 15) is 61.0 Å². The first kappa shape index (κ1) is 86.5. The molecule has 0 aromatic carbocycles. The summed E-state index contributed by atoms with van der Waals surface area (Å²) in [5, 5.41) is 121. The molecule has 3 fully saturated rings. The molecule has 3 heterocycles. The third-order valence-corrected chi connectivity index (χ3v) is 18.5. The molecule has 0 spiro atoms. The van der Waals surface area contributed by atoms with Crippen LogP contribution in [0, 0.1) is 0 Å². The molecule has 17 atom stereocenters. The van der Waals surface area contributed by atoms with Gasteiger partial charge in [0.1, 0.15) is 73.2 Å². The van der Waals surface area contributed by atoms with Gasteiger partial charge in [-0.3, -0.25) is 4.79 Å². The van der Waals surface area contributed by atoms with Crippen molar-refractivity contribution in [3.8, 4) is 0 Å². The van der Waals surface area contributed by atoms with Gasteiger partial charge in [-0.25, -0.2) is 0 Å². The lowest BCUT2D eigenvalue weighted by Crippen LogP contribution is -2.66. The molecule has 3 aliphatic rings. The third kappa shape index (κ3) is 38.0. The first-order chi connectivity index (χ1) is 46.3. The normalized spacial score (nSPS) is 27.6. The lowest BCUT2D eigenvalue weighted by molar-refractivity contribution is -0.379. The molecule has 12 N–H and O–H groups in total. The summed E-state index contributed by atoms with van der Waals surface area (Å²) in [6.07, 6.45) is 45.4. The van der Waals surface area contributed by atoms with Gasteiger partial charge in [0.05, 0.1) is 38.6 Å². The van der Waals surface area contributed by atoms with Crippen LogP contribution in [0.1, 0.15) is 271 Å². The molecule has 0 aromatic rings. The molecule has 0 aromatic heterocycles. The predicted octanol–water partition coefficient (Wildman–Crippen LogP) is 11.3. The van der Waals surface area contributed by atoms with Crippen molar-refractivity contribution in [3.05, 3.63) is 72.9 Å². The molecule has 19 nitrogen and oxygen atoms in total. The maximum Gasteiger partial charge on any atom is 0.220 e. The molecular formula is C76H135NO18. The summed E-state index contributed by atoms with van der Waals surface area (Å²) in [6, 6.07) is -0.895. The number of hydrogen-bond acceptors (Lipinski definition) is 18. The summed E-state index contributed by atoms with van der Waals surface area (Å²) in [4.78, 5) is 13.5. The van der Waals surface area contributed by atoms with Crippen LogP contribution in [0.25, 0.3) is 0 Å². The first-order valence-electron chi connectivity index (χ1n) is 37.7. The Morgan fingerprint density at radius 1 is 0.389 bits per heavy atom. The number of rotatable bonds is 58. The van der Waals surface area contributed by atoms with E-state index in [1.807, 2.05) is 0 Å². The van der Waals surface area contributed by atoms with Crippen LogP contribution in [0.4, 0.5) is 0 Å². The summed E-state index contributed by atoms with van der Waals surface area (Å²) < 4.78 is 34.5. The molecule has 3 aliphatic heterocycles. The maximum atomic E-state index is 13.5. The van der Waals surface area contributed by atoms with Crippen LogP contribution in [0.2, 0.25) is 0 Å². The summed E-state index contributed by atoms with van der Waals surface area (Å²) in [5.74, 6) is -0.248. The topological polar surface area (TPSA) is 307 Å². The number of nitrogens with one attached hydrogen (secondary N) is 1. The van der Waals surface area contributed by atoms with Crippen LogP contribution in [0.3, 0.4) is 0 Å². The van der Waals surface area contributed by atoms with Crippen molar-refractivity contribution in [3.63, 3.8) is 0 Å². The number of amides is 1. The molecule has 0 bridgehead atoms. The van der Waals surface area contributed by atoms with Gasteiger partial charge in [0, 0.05) is 6.42 Å². The van der Waals surface area contributed by atoms with E-state index < -0.39 is 124 Å². The van der Waals surface area contributed by atoms with E-state index in [0.717, 1.165) is 96.3 Å². The fraction of sp³-hybridized carbons (Fsp3) is 0.829. The van der Waals surface area contributed by atoms with Gasteiger partial charge in [0.15, 0.2) is 18.9 Å². The van der Waals surface area contributed by atoms with Gasteiger partial charge in [-0.1, -0.05) is 273 Å². The van der Waals surface area contributed by atoms with Crippen molar-refractivity contribution in [2.24, 2.45) is 0 Å². The van der Waals surface area contributed by atoms with Crippen LogP contribution in [0.15, 0.2) is 72.9 Å². The standard InChI is InChI=1S/C76H135NO18/c1-3-5-7-9-11-13-15-17-19-21-23-25-26-27-28-29-30-31-32-34-36-38-40-42-44-46-48-50-52-54-64(82)77-59(60(81)53-51-49-47-45-43-41-39-37-35-33-24-22-20-18-16-14-12-10-8-6-4-2)58-90-74-70(88)67(85)72(62(56-79)92-74)95-76-71(89)68(86)73(63(57-80)93-76)94-75-69(87)66(84)65(83)61(55-78)91-75/h5,7,11,13,17,19,23,25,27-28,30-31,59-63,65-76,78-81,83-89H,3-4,6,8-10,12,14-16,18,20-22,24,26,29,32-58H2,1-2H3,(H,77,82)/b7-5-,13-11-,19-17-,25-23-,28-27-,31-30-. The zero-order valence-corrected chi connectivity index (χ0v) is 58.6. The lowest BCUT2D eigenvalue weighted by Gasteiger charge is -2.48. The second kappa shape index (κ2) is 56.9. The molecule has 17 unspecified atom stereocenters. The Kier molecular flexibility index (Phi) is 51.8. The quantitative estimate of drug-likeness (QED) is 0.0199. The summed E-state index contributed by atoms with van der Waals surface area (Å²) in [6.45, 7) is 1.70. The monoisotopic (exact) mass is 1350 g/mol. The second-order valence-corrected chi connectivity index (χ2v) is 26.7. The molecule has 0 aliphatic carbocycles. The van der Waals surface area contributed by atoms with Gasteiger partial charge in [0.25, 0.3) is 0 Å². The van der Waals surface area contributed by atoms with Crippen molar-refractivity contribution < 1.29 is 89.4 Å². The Morgan fingerprint density at radius 3 is 1.14 bits per heavy atom. The minimum absolute atomic E-state index is 0.248. The van der Waals surface area contributed by atoms with E-state index in [4.69, 9.17) is 28.4 Å². The zero-order valence-electron chi connectivity index (χ0n) is 58.6. The number of unbranched alkanes of at least 4 members (excludes halogenated alkanes) is 30. The maximum absolute atomic E-state index is 13.5. The SMILES string of the molecule is CC/C=C\C/C=C\C/C=C\C/C=C\C/C=C\C/C=C\CCCCCCCCCCCCC(=O)NC(COC1OC(CO)C(OC2OC(CO)C(OC3OC(CO)C(O)C(O)C3O)C(O)C2O)C(O)C1O)C(O)CCCCCCCCCCCCCCCCCCCCCCC. The molecule has 19 heteroatoms. The number of hydrogen-bond donors (Lipinski definition) is 12. The number of carbonyl (C=O) groups is 1. The number of allylic oxidation sites excluding steroid dienone is 12. The summed E-state index contributed by atoms with van der Waals surface area (Å²) >= 11 is 0. The Morgan fingerprint density at radius 2 is 0.726 bits per heavy atom. The van der Waals surface area contributed by atoms with Crippen molar-refractivity contribution in [1.82, 2.24) is 5.32 Å². The van der Waals surface area contributed by atoms with Gasteiger partial charge >= 0.3 is 0 Å². The van der Waals surface area contributed by atoms with Crippen LogP contribution in [-0.4, -0.2) is 193 Å². The lowest BCUT2D eigenvalue weighted by atomic mass is 9.96. The largest absolute Gasteiger partial charge is 0.394 e. The Hall–Kier alpha value is -2.77. The van der Waals surface area contributed by atoms with Gasteiger partial charge in [-0.15, -0.1) is 0 Å². The highest BCUT2D eigenvalue weighted by atomic mass is 16.8. The van der Waals surface area contributed by atoms with E-state index in [2.05, 4.69) is 92.1 Å². The minimum Gasteiger partial charge on any atom is -0.394 e. The fourth-order valence-corrected chi connectivity index (χ4v) is 12.5. The van der Waals surface area contributed by atoms with Crippen molar-refractivity contribution in [1.29, 1.82) is 0 Å². The van der Waals surface area contributed by atoms with Crippen LogP contribution in [0.5, 0.6) is 0 Å². The Bertz CT molecular complexity index is 2000. The fourth-order valence-electron chi connectivity index (χ4n) is 12.5. The van der Waals surface area contributed by atoms with Crippen molar-refractivity contribution >= 4 is 5.91 Å². The molecule has 1 amide bonds. The molecule has 0 radical (unpaired) electrons. The average Bonchev–Trinajstić information content (AvgIpc) is 0.786. The Labute approximate surface area is 572 Å². The molecule has 3 rings (SSSR count). The van der Waals surface area contributed by atoms with Gasteiger partial charge in [-0.2, -0.15) is 0 Å². The smallest absolute Gasteiger partial charge is 0.220 e. The first-order valence-corrected chi connectivity index (χ1v) is 37.7. The number of aliphatic hydroxyl groups excluding tert-OH is 11. The van der Waals surface area contributed by atoms with E-state index in [-0.39, 0.29) is 18.9 Å². The van der Waals surface area contributed by atoms with Crippen molar-refractivity contribution in [2.75, 3.05) is 26.4 Å². The summed E-state index contributed by atoms with van der Waals surface area (Å²) in [7, 11) is 0. The van der Waals surface area contributed by atoms with E-state index in [1.165, 1.54) is 141 Å². The number of carbonyl (C=O) groups excluding carboxylic acids is 1. The number of ether oxygens (including phenoxy) is 6. The molecule has 552 valence electrons. The highest BCUT2D eigenvalue weighted by molar-refractivity contribution is 5.76. The molecule has 3 saturated heterocycles. The highest BCUT2D eigenvalue weighted by Gasteiger charge is 2.53. The predicted molar refractivity (Wildman–Crippen MR) is 374 cm³/mol. The van der Waals surface area contributed by atoms with Gasteiger partial charge in [0.2, 0.25) is 5.91 Å². The van der Waals surface area contributed by atoms with E-state index in [1.54, 1.807) is 0 Å². The van der Waals surface area contributed by atoms with Crippen LogP contribution in [-0.2, 0) is 33.2 Å². The van der Waals surface area contributed by atoms with E-state index >= 15 is 0 Å². The minimum atomic E-state index is -1.98. The second-order valence-electron chi connectivity index (χ2n) is 26.7. The Balaban J connectivity index is 1.40. The van der Waals surface area contributed by atoms with E-state index in [0.29, 0.717) is 12.8 Å². The molecule has 0 saturated carbocycles. The summed E-state index contributed by atoms with van der Waals surface area (Å²) in [5.41, 5.74) is 0. The zero-order chi connectivity index (χ0) is 68.9. The van der Waals surface area contributed by atoms with Gasteiger partial charge in [-0.05, 0) is 64.2 Å².